The molecule has 0 radical (unpaired) electrons. The lowest BCUT2D eigenvalue weighted by molar-refractivity contribution is -0.136. The highest BCUT2D eigenvalue weighted by atomic mass is 19.1. The molecule has 1 aromatic carbocycles. The van der Waals surface area contributed by atoms with Gasteiger partial charge in [0.1, 0.15) is 5.82 Å². The van der Waals surface area contributed by atoms with Crippen molar-refractivity contribution < 1.29 is 13.9 Å². The number of methoxy groups -OCH3 is 1. The number of rotatable bonds is 4. The molecule has 0 aliphatic carbocycles. The Morgan fingerprint density at radius 2 is 1.69 bits per heavy atom. The van der Waals surface area contributed by atoms with Crippen molar-refractivity contribution in [1.29, 1.82) is 0 Å². The van der Waals surface area contributed by atoms with Gasteiger partial charge in [-0.25, -0.2) is 9.37 Å². The van der Waals surface area contributed by atoms with Crippen LogP contribution in [0.15, 0.2) is 36.5 Å². The summed E-state index contributed by atoms with van der Waals surface area (Å²) < 4.78 is 18.3. The van der Waals surface area contributed by atoms with Crippen LogP contribution >= 0.6 is 0 Å². The highest BCUT2D eigenvalue weighted by Crippen LogP contribution is 2.24. The van der Waals surface area contributed by atoms with Crippen LogP contribution in [0.5, 0.6) is 5.88 Å². The summed E-state index contributed by atoms with van der Waals surface area (Å²) in [6.45, 7) is 4.48. The number of halogens is 1. The molecule has 0 unspecified atom stereocenters. The van der Waals surface area contributed by atoms with E-state index >= 15 is 0 Å². The molecular formula is C21H26FN5O2. The second-order valence-electron chi connectivity index (χ2n) is 7.45. The fourth-order valence-corrected chi connectivity index (χ4v) is 4.02. The molecule has 0 spiro atoms. The van der Waals surface area contributed by atoms with Gasteiger partial charge in [0.15, 0.2) is 0 Å². The number of aromatic nitrogens is 2. The van der Waals surface area contributed by atoms with Gasteiger partial charge in [0.25, 0.3) is 0 Å². The quantitative estimate of drug-likeness (QED) is 0.786. The van der Waals surface area contributed by atoms with Gasteiger partial charge in [-0.15, -0.1) is 0 Å². The lowest BCUT2D eigenvalue weighted by Gasteiger charge is -2.39. The molecule has 4 rings (SSSR count). The fourth-order valence-electron chi connectivity index (χ4n) is 4.02. The number of piperazine rings is 1. The van der Waals surface area contributed by atoms with Gasteiger partial charge in [0.2, 0.25) is 17.7 Å². The number of carbonyl (C=O) groups is 1. The van der Waals surface area contributed by atoms with E-state index < -0.39 is 0 Å². The van der Waals surface area contributed by atoms with E-state index in [2.05, 4.69) is 19.8 Å². The van der Waals surface area contributed by atoms with Crippen molar-refractivity contribution in [3.63, 3.8) is 0 Å². The largest absolute Gasteiger partial charge is 0.481 e. The van der Waals surface area contributed by atoms with Gasteiger partial charge in [0, 0.05) is 63.1 Å². The van der Waals surface area contributed by atoms with Crippen molar-refractivity contribution in [1.82, 2.24) is 14.9 Å². The van der Waals surface area contributed by atoms with Gasteiger partial charge in [0.05, 0.1) is 7.11 Å². The number of ether oxygens (including phenoxy) is 1. The van der Waals surface area contributed by atoms with Crippen LogP contribution in [0.2, 0.25) is 0 Å². The van der Waals surface area contributed by atoms with Crippen molar-refractivity contribution in [3.05, 3.63) is 42.3 Å². The van der Waals surface area contributed by atoms with Gasteiger partial charge in [-0.2, -0.15) is 4.98 Å². The topological polar surface area (TPSA) is 61.8 Å². The van der Waals surface area contributed by atoms with Crippen LogP contribution in [0.3, 0.4) is 0 Å². The SMILES string of the molecule is COc1ccnc(N2CCC(C(=O)N3CCN(c4ccc(F)cc4)CC3)CC2)n1. The van der Waals surface area contributed by atoms with E-state index in [1.165, 1.54) is 12.1 Å². The highest BCUT2D eigenvalue weighted by Gasteiger charge is 2.31. The smallest absolute Gasteiger partial charge is 0.228 e. The molecule has 1 amide bonds. The van der Waals surface area contributed by atoms with E-state index in [9.17, 15) is 9.18 Å². The third kappa shape index (κ3) is 4.41. The minimum Gasteiger partial charge on any atom is -0.481 e. The zero-order chi connectivity index (χ0) is 20.2. The summed E-state index contributed by atoms with van der Waals surface area (Å²) in [5.74, 6) is 1.27. The number of hydrogen-bond donors (Lipinski definition) is 0. The summed E-state index contributed by atoms with van der Waals surface area (Å²) >= 11 is 0. The van der Waals surface area contributed by atoms with Gasteiger partial charge in [-0.1, -0.05) is 0 Å². The Morgan fingerprint density at radius 1 is 1.00 bits per heavy atom. The fraction of sp³-hybridized carbons (Fsp3) is 0.476. The number of amides is 1. The van der Waals surface area contributed by atoms with Crippen LogP contribution < -0.4 is 14.5 Å². The van der Waals surface area contributed by atoms with E-state index in [1.54, 1.807) is 31.5 Å². The molecule has 2 aromatic rings. The molecule has 2 fully saturated rings. The molecule has 29 heavy (non-hydrogen) atoms. The number of carbonyl (C=O) groups excluding carboxylic acids is 1. The van der Waals surface area contributed by atoms with Gasteiger partial charge in [-0.05, 0) is 37.1 Å². The predicted molar refractivity (Wildman–Crippen MR) is 109 cm³/mol. The summed E-state index contributed by atoms with van der Waals surface area (Å²) in [5.41, 5.74) is 1.00. The van der Waals surface area contributed by atoms with Crippen molar-refractivity contribution in [2.24, 2.45) is 5.92 Å². The minimum atomic E-state index is -0.228. The zero-order valence-corrected chi connectivity index (χ0v) is 16.6. The Hall–Kier alpha value is -2.90. The Bertz CT molecular complexity index is 831. The van der Waals surface area contributed by atoms with Gasteiger partial charge >= 0.3 is 0 Å². The molecule has 8 heteroatoms. The molecule has 154 valence electrons. The molecule has 2 aliphatic rings. The number of anilines is 2. The summed E-state index contributed by atoms with van der Waals surface area (Å²) in [7, 11) is 1.59. The predicted octanol–water partition coefficient (Wildman–Crippen LogP) is 2.19. The lowest BCUT2D eigenvalue weighted by atomic mass is 9.95. The lowest BCUT2D eigenvalue weighted by Crippen LogP contribution is -2.51. The number of hydrogen-bond acceptors (Lipinski definition) is 6. The summed E-state index contributed by atoms with van der Waals surface area (Å²) in [6, 6.07) is 8.27. The summed E-state index contributed by atoms with van der Waals surface area (Å²) in [4.78, 5) is 28.0. The third-order valence-corrected chi connectivity index (χ3v) is 5.74. The number of benzene rings is 1. The zero-order valence-electron chi connectivity index (χ0n) is 16.6. The maximum absolute atomic E-state index is 13.1. The minimum absolute atomic E-state index is 0.0502. The standard InChI is InChI=1S/C21H26FN5O2/c1-29-19-6-9-23-21(24-19)27-10-7-16(8-11-27)20(28)26-14-12-25(13-15-26)18-4-2-17(22)3-5-18/h2-6,9,16H,7-8,10-15H2,1H3. The van der Waals surface area contributed by atoms with E-state index in [0.29, 0.717) is 24.9 Å². The first kappa shape index (κ1) is 19.4. The van der Waals surface area contributed by atoms with Crippen LogP contribution in [0.25, 0.3) is 0 Å². The third-order valence-electron chi connectivity index (χ3n) is 5.74. The first-order valence-electron chi connectivity index (χ1n) is 10.1. The first-order chi connectivity index (χ1) is 14.1. The molecule has 0 saturated carbocycles. The Labute approximate surface area is 170 Å². The van der Waals surface area contributed by atoms with E-state index in [4.69, 9.17) is 4.74 Å². The molecule has 0 atom stereocenters. The van der Waals surface area contributed by atoms with Crippen molar-refractivity contribution in [3.8, 4) is 5.88 Å². The molecular weight excluding hydrogens is 373 g/mol. The maximum Gasteiger partial charge on any atom is 0.228 e. The highest BCUT2D eigenvalue weighted by molar-refractivity contribution is 5.79. The van der Waals surface area contributed by atoms with Crippen molar-refractivity contribution in [2.45, 2.75) is 12.8 Å². The molecule has 1 aromatic heterocycles. The van der Waals surface area contributed by atoms with Gasteiger partial charge < -0.3 is 19.4 Å². The Morgan fingerprint density at radius 3 is 2.34 bits per heavy atom. The molecule has 7 nitrogen and oxygen atoms in total. The monoisotopic (exact) mass is 399 g/mol. The van der Waals surface area contributed by atoms with Crippen molar-refractivity contribution >= 4 is 17.5 Å². The van der Waals surface area contributed by atoms with Crippen LogP contribution in [0, 0.1) is 11.7 Å². The number of nitrogens with zero attached hydrogens (tertiary/aromatic N) is 5. The second-order valence-corrected chi connectivity index (χ2v) is 7.45. The Kier molecular flexibility index (Phi) is 5.78. The normalized spacial score (nSPS) is 18.1. The molecule has 2 aliphatic heterocycles. The summed E-state index contributed by atoms with van der Waals surface area (Å²) in [6.07, 6.45) is 3.30. The van der Waals surface area contributed by atoms with Crippen molar-refractivity contribution in [2.75, 3.05) is 56.2 Å². The average Bonchev–Trinajstić information content (AvgIpc) is 2.79. The summed E-state index contributed by atoms with van der Waals surface area (Å²) in [5, 5.41) is 0. The van der Waals surface area contributed by atoms with E-state index in [0.717, 1.165) is 44.7 Å². The molecule has 3 heterocycles. The number of piperidine rings is 1. The van der Waals surface area contributed by atoms with E-state index in [-0.39, 0.29) is 17.6 Å². The molecule has 0 bridgehead atoms. The first-order valence-corrected chi connectivity index (χ1v) is 10.1. The molecule has 0 N–H and O–H groups in total. The molecule has 2 saturated heterocycles. The van der Waals surface area contributed by atoms with E-state index in [1.807, 2.05) is 4.90 Å². The Balaban J connectivity index is 1.28. The average molecular weight is 399 g/mol. The second kappa shape index (κ2) is 8.63. The maximum atomic E-state index is 13.1. The van der Waals surface area contributed by atoms with Crippen LogP contribution in [-0.2, 0) is 4.79 Å². The van der Waals surface area contributed by atoms with Crippen LogP contribution in [0.1, 0.15) is 12.8 Å². The van der Waals surface area contributed by atoms with Gasteiger partial charge in [-0.3, -0.25) is 4.79 Å². The van der Waals surface area contributed by atoms with Crippen LogP contribution in [0.4, 0.5) is 16.0 Å². The van der Waals surface area contributed by atoms with Crippen LogP contribution in [-0.4, -0.2) is 67.2 Å².